The van der Waals surface area contributed by atoms with E-state index in [0.29, 0.717) is 0 Å². The average molecular weight is 378 g/mol. The largest absolute Gasteiger partial charge is 0.463 e. The summed E-state index contributed by atoms with van der Waals surface area (Å²) in [6, 6.07) is 0. The fraction of sp³-hybridized carbons (Fsp3) is 0.733. The van der Waals surface area contributed by atoms with Crippen molar-refractivity contribution in [2.75, 3.05) is 13.7 Å². The fourth-order valence-corrected chi connectivity index (χ4v) is 3.44. The topological polar surface area (TPSA) is 114 Å². The zero-order valence-electron chi connectivity index (χ0n) is 14.7. The Morgan fingerprint density at radius 3 is 1.92 bits per heavy atom. The molecule has 1 aliphatic heterocycles. The van der Waals surface area contributed by atoms with Crippen molar-refractivity contribution in [2.24, 2.45) is 0 Å². The van der Waals surface area contributed by atoms with Crippen LogP contribution in [-0.4, -0.2) is 66.6 Å². The number of rotatable bonds is 6. The van der Waals surface area contributed by atoms with Crippen molar-refractivity contribution in [1.82, 2.24) is 0 Å². The quantitative estimate of drug-likeness (QED) is 0.476. The number of hydrogen-bond acceptors (Lipinski definition) is 10. The van der Waals surface area contributed by atoms with E-state index in [1.807, 2.05) is 0 Å². The Morgan fingerprint density at radius 2 is 1.48 bits per heavy atom. The Bertz CT molecular complexity index is 521. The third kappa shape index (κ3) is 6.63. The summed E-state index contributed by atoms with van der Waals surface area (Å²) in [5, 5.41) is -1.06. The lowest BCUT2D eigenvalue weighted by Gasteiger charge is -2.43. The van der Waals surface area contributed by atoms with Crippen LogP contribution in [0.15, 0.2) is 0 Å². The van der Waals surface area contributed by atoms with E-state index in [0.717, 1.165) is 11.8 Å². The highest BCUT2D eigenvalue weighted by atomic mass is 32.2. The number of thioether (sulfide) groups is 1. The van der Waals surface area contributed by atoms with E-state index in [-0.39, 0.29) is 11.7 Å². The van der Waals surface area contributed by atoms with Crippen molar-refractivity contribution >= 4 is 34.8 Å². The zero-order chi connectivity index (χ0) is 19.1. The molecule has 9 nitrogen and oxygen atoms in total. The van der Waals surface area contributed by atoms with Crippen molar-refractivity contribution in [1.29, 1.82) is 0 Å². The summed E-state index contributed by atoms with van der Waals surface area (Å²) < 4.78 is 26.3. The van der Waals surface area contributed by atoms with E-state index in [4.69, 9.17) is 23.7 Å². The number of carbonyl (C=O) groups is 4. The normalized spacial score (nSPS) is 28.8. The van der Waals surface area contributed by atoms with Gasteiger partial charge in [-0.3, -0.25) is 19.2 Å². The highest BCUT2D eigenvalue weighted by molar-refractivity contribution is 8.14. The molecule has 0 aromatic rings. The lowest BCUT2D eigenvalue weighted by atomic mass is 10.0. The minimum Gasteiger partial charge on any atom is -0.463 e. The van der Waals surface area contributed by atoms with Crippen LogP contribution in [0, 0.1) is 0 Å². The molecule has 25 heavy (non-hydrogen) atoms. The lowest BCUT2D eigenvalue weighted by Crippen LogP contribution is -2.60. The molecule has 0 radical (unpaired) electrons. The van der Waals surface area contributed by atoms with Gasteiger partial charge in [-0.2, -0.15) is 0 Å². The first-order chi connectivity index (χ1) is 11.6. The molecule has 0 unspecified atom stereocenters. The third-order valence-corrected chi connectivity index (χ3v) is 4.32. The highest BCUT2D eigenvalue weighted by Gasteiger charge is 2.51. The van der Waals surface area contributed by atoms with Crippen molar-refractivity contribution < 1.29 is 42.9 Å². The third-order valence-electron chi connectivity index (χ3n) is 3.18. The molecule has 0 N–H and O–H groups in total. The average Bonchev–Trinajstić information content (AvgIpc) is 2.48. The van der Waals surface area contributed by atoms with Crippen LogP contribution in [0.1, 0.15) is 27.7 Å². The predicted molar refractivity (Wildman–Crippen MR) is 85.5 cm³/mol. The number of carbonyl (C=O) groups excluding carboxylic acids is 4. The SMILES string of the molecule is CO[C@H]1O[C@H](COC(C)=O)[C@H](OC(C)=O)[C@H](SC(C)=O)[C@H]1OC(C)=O. The smallest absolute Gasteiger partial charge is 0.303 e. The Morgan fingerprint density at radius 1 is 0.920 bits per heavy atom. The molecule has 142 valence electrons. The van der Waals surface area contributed by atoms with Crippen LogP contribution < -0.4 is 0 Å². The van der Waals surface area contributed by atoms with Gasteiger partial charge >= 0.3 is 17.9 Å². The van der Waals surface area contributed by atoms with Crippen LogP contribution in [0.2, 0.25) is 0 Å². The highest BCUT2D eigenvalue weighted by Crippen LogP contribution is 2.35. The molecule has 0 amide bonds. The molecule has 1 fully saturated rings. The molecule has 10 heteroatoms. The summed E-state index contributed by atoms with van der Waals surface area (Å²) >= 11 is 0.839. The first-order valence-electron chi connectivity index (χ1n) is 7.49. The van der Waals surface area contributed by atoms with Gasteiger partial charge < -0.3 is 23.7 Å². The van der Waals surface area contributed by atoms with Crippen LogP contribution in [0.5, 0.6) is 0 Å². The van der Waals surface area contributed by atoms with Crippen molar-refractivity contribution in [3.05, 3.63) is 0 Å². The molecule has 1 saturated heterocycles. The minimum atomic E-state index is -1.02. The number of ether oxygens (including phenoxy) is 5. The van der Waals surface area contributed by atoms with Gasteiger partial charge in [-0.25, -0.2) is 0 Å². The van der Waals surface area contributed by atoms with E-state index in [1.54, 1.807) is 0 Å². The van der Waals surface area contributed by atoms with E-state index in [9.17, 15) is 19.2 Å². The zero-order valence-corrected chi connectivity index (χ0v) is 15.5. The molecule has 0 spiro atoms. The molecule has 0 bridgehead atoms. The molecule has 0 aliphatic carbocycles. The van der Waals surface area contributed by atoms with E-state index in [2.05, 4.69) is 0 Å². The number of methoxy groups -OCH3 is 1. The summed E-state index contributed by atoms with van der Waals surface area (Å²) in [6.07, 6.45) is -3.88. The molecule has 0 aromatic carbocycles. The molecule has 0 aromatic heterocycles. The summed E-state index contributed by atoms with van der Waals surface area (Å²) in [4.78, 5) is 45.7. The van der Waals surface area contributed by atoms with Crippen LogP contribution in [0.4, 0.5) is 0 Å². The van der Waals surface area contributed by atoms with E-state index < -0.39 is 47.8 Å². The standard InChI is InChI=1S/C15H22O9S/c1-7(16)21-6-11-12(22-8(2)17)14(25-10(4)19)13(23-9(3)18)15(20-5)24-11/h11-15H,6H2,1-5H3/t11-,12+,13-,14+,15+/m1/s1. The van der Waals surface area contributed by atoms with Gasteiger partial charge in [0.05, 0.1) is 5.25 Å². The second kappa shape index (κ2) is 9.73. The summed E-state index contributed by atoms with van der Waals surface area (Å²) in [6.45, 7) is 4.74. The molecule has 1 aliphatic rings. The fourth-order valence-electron chi connectivity index (χ4n) is 2.38. The van der Waals surface area contributed by atoms with Crippen LogP contribution in [0.3, 0.4) is 0 Å². The molecular weight excluding hydrogens is 356 g/mol. The second-order valence-electron chi connectivity index (χ2n) is 5.30. The van der Waals surface area contributed by atoms with Gasteiger partial charge in [0.2, 0.25) is 0 Å². The van der Waals surface area contributed by atoms with Gasteiger partial charge in [0.25, 0.3) is 0 Å². The lowest BCUT2D eigenvalue weighted by molar-refractivity contribution is -0.267. The van der Waals surface area contributed by atoms with Crippen molar-refractivity contribution in [3.8, 4) is 0 Å². The van der Waals surface area contributed by atoms with Crippen molar-refractivity contribution in [2.45, 2.75) is 57.5 Å². The van der Waals surface area contributed by atoms with Gasteiger partial charge in [0, 0.05) is 34.8 Å². The number of esters is 3. The van der Waals surface area contributed by atoms with E-state index in [1.165, 1.54) is 34.8 Å². The summed E-state index contributed by atoms with van der Waals surface area (Å²) in [7, 11) is 1.34. The maximum atomic E-state index is 11.7. The predicted octanol–water partition coefficient (Wildman–Crippen LogP) is 0.433. The Kier molecular flexibility index (Phi) is 8.33. The molecule has 1 rings (SSSR count). The van der Waals surface area contributed by atoms with E-state index >= 15 is 0 Å². The summed E-state index contributed by atoms with van der Waals surface area (Å²) in [5.41, 5.74) is 0. The molecule has 5 atom stereocenters. The van der Waals surface area contributed by atoms with Crippen LogP contribution in [-0.2, 0) is 42.9 Å². The van der Waals surface area contributed by atoms with Gasteiger partial charge in [-0.05, 0) is 0 Å². The van der Waals surface area contributed by atoms with Crippen LogP contribution in [0.25, 0.3) is 0 Å². The first-order valence-corrected chi connectivity index (χ1v) is 8.37. The van der Waals surface area contributed by atoms with Crippen molar-refractivity contribution in [3.63, 3.8) is 0 Å². The molecular formula is C15H22O9S. The monoisotopic (exact) mass is 378 g/mol. The van der Waals surface area contributed by atoms with Gasteiger partial charge in [-0.1, -0.05) is 11.8 Å². The number of hydrogen-bond donors (Lipinski definition) is 0. The van der Waals surface area contributed by atoms with Gasteiger partial charge in [0.15, 0.2) is 17.5 Å². The van der Waals surface area contributed by atoms with Gasteiger partial charge in [-0.15, -0.1) is 0 Å². The Hall–Kier alpha value is -1.65. The van der Waals surface area contributed by atoms with Crippen LogP contribution >= 0.6 is 11.8 Å². The Balaban J connectivity index is 3.18. The maximum Gasteiger partial charge on any atom is 0.303 e. The summed E-state index contributed by atoms with van der Waals surface area (Å²) in [5.74, 6) is -1.77. The van der Waals surface area contributed by atoms with Gasteiger partial charge in [0.1, 0.15) is 18.8 Å². The minimum absolute atomic E-state index is 0.213. The molecule has 0 saturated carbocycles. The molecule has 1 heterocycles. The maximum absolute atomic E-state index is 11.7. The second-order valence-corrected chi connectivity index (χ2v) is 6.66. The first kappa shape index (κ1) is 21.4. The Labute approximate surface area is 149 Å².